The van der Waals surface area contributed by atoms with E-state index in [0.717, 1.165) is 16.5 Å². The number of nitrogens with zero attached hydrogens (tertiary/aromatic N) is 1. The normalized spacial score (nSPS) is 12.6. The van der Waals surface area contributed by atoms with E-state index in [2.05, 4.69) is 4.98 Å². The molecular weight excluding hydrogens is 275 g/mol. The Morgan fingerprint density at radius 3 is 2.80 bits per heavy atom. The molecule has 1 aromatic heterocycles. The highest BCUT2D eigenvalue weighted by atomic mass is 35.5. The van der Waals surface area contributed by atoms with Crippen molar-refractivity contribution in [1.82, 2.24) is 4.98 Å². The van der Waals surface area contributed by atoms with Crippen LogP contribution in [0, 0.1) is 5.82 Å². The molecule has 4 heteroatoms. The van der Waals surface area contributed by atoms with Crippen molar-refractivity contribution in [3.63, 3.8) is 0 Å². The summed E-state index contributed by atoms with van der Waals surface area (Å²) >= 11 is 5.91. The summed E-state index contributed by atoms with van der Waals surface area (Å²) in [4.78, 5) is 4.25. The number of benzene rings is 2. The standard InChI is InChI=1S/C16H12ClFN2/c17-12-4-5-14(18)13(9-12)16(19)11-3-6-15-10(8-11)2-1-7-20-15/h1-9,16H,19H2. The van der Waals surface area contributed by atoms with E-state index in [0.29, 0.717) is 10.6 Å². The van der Waals surface area contributed by atoms with Crippen molar-refractivity contribution in [1.29, 1.82) is 0 Å². The van der Waals surface area contributed by atoms with Gasteiger partial charge in [-0.3, -0.25) is 4.98 Å². The Morgan fingerprint density at radius 2 is 1.95 bits per heavy atom. The van der Waals surface area contributed by atoms with Gasteiger partial charge in [-0.1, -0.05) is 23.7 Å². The van der Waals surface area contributed by atoms with Crippen LogP contribution in [-0.2, 0) is 0 Å². The van der Waals surface area contributed by atoms with E-state index in [9.17, 15) is 4.39 Å². The predicted octanol–water partition coefficient (Wildman–Crippen LogP) is 4.08. The number of hydrogen-bond donors (Lipinski definition) is 1. The fourth-order valence-corrected chi connectivity index (χ4v) is 2.40. The van der Waals surface area contributed by atoms with E-state index >= 15 is 0 Å². The predicted molar refractivity (Wildman–Crippen MR) is 79.2 cm³/mol. The average molecular weight is 287 g/mol. The molecule has 100 valence electrons. The molecule has 1 unspecified atom stereocenters. The third-order valence-electron chi connectivity index (χ3n) is 3.28. The maximum absolute atomic E-state index is 13.9. The Morgan fingerprint density at radius 1 is 1.10 bits per heavy atom. The minimum absolute atomic E-state index is 0.354. The quantitative estimate of drug-likeness (QED) is 0.771. The van der Waals surface area contributed by atoms with Gasteiger partial charge in [-0.25, -0.2) is 4.39 Å². The molecule has 0 aliphatic rings. The van der Waals surface area contributed by atoms with Gasteiger partial charge in [0.25, 0.3) is 0 Å². The third-order valence-corrected chi connectivity index (χ3v) is 3.51. The van der Waals surface area contributed by atoms with Crippen molar-refractivity contribution in [2.75, 3.05) is 0 Å². The molecule has 3 aromatic rings. The van der Waals surface area contributed by atoms with Crippen LogP contribution in [0.3, 0.4) is 0 Å². The van der Waals surface area contributed by atoms with Gasteiger partial charge in [0.1, 0.15) is 5.82 Å². The molecule has 2 aromatic carbocycles. The molecule has 20 heavy (non-hydrogen) atoms. The Hall–Kier alpha value is -1.97. The monoisotopic (exact) mass is 286 g/mol. The molecule has 3 rings (SSSR count). The zero-order chi connectivity index (χ0) is 14.1. The highest BCUT2D eigenvalue weighted by Gasteiger charge is 2.14. The summed E-state index contributed by atoms with van der Waals surface area (Å²) in [5.41, 5.74) is 8.26. The molecule has 0 aliphatic carbocycles. The van der Waals surface area contributed by atoms with Crippen LogP contribution in [0.2, 0.25) is 5.02 Å². The highest BCUT2D eigenvalue weighted by Crippen LogP contribution is 2.26. The molecule has 0 bridgehead atoms. The first-order valence-corrected chi connectivity index (χ1v) is 6.58. The molecule has 0 saturated carbocycles. The smallest absolute Gasteiger partial charge is 0.128 e. The number of rotatable bonds is 2. The van der Waals surface area contributed by atoms with Gasteiger partial charge >= 0.3 is 0 Å². The summed E-state index contributed by atoms with van der Waals surface area (Å²) in [7, 11) is 0. The summed E-state index contributed by atoms with van der Waals surface area (Å²) < 4.78 is 13.9. The molecule has 0 amide bonds. The second-order valence-corrected chi connectivity index (χ2v) is 5.04. The molecule has 1 atom stereocenters. The lowest BCUT2D eigenvalue weighted by Crippen LogP contribution is -2.13. The van der Waals surface area contributed by atoms with E-state index in [1.54, 1.807) is 12.3 Å². The minimum atomic E-state index is -0.557. The van der Waals surface area contributed by atoms with Gasteiger partial charge in [0.05, 0.1) is 11.6 Å². The second-order valence-electron chi connectivity index (χ2n) is 4.60. The van der Waals surface area contributed by atoms with Crippen molar-refractivity contribution < 1.29 is 4.39 Å². The van der Waals surface area contributed by atoms with Gasteiger partial charge in [-0.05, 0) is 42.0 Å². The van der Waals surface area contributed by atoms with Gasteiger partial charge in [-0.15, -0.1) is 0 Å². The molecule has 0 radical (unpaired) electrons. The minimum Gasteiger partial charge on any atom is -0.320 e. The summed E-state index contributed by atoms with van der Waals surface area (Å²) in [5, 5.41) is 1.45. The van der Waals surface area contributed by atoms with E-state index in [1.807, 2.05) is 30.3 Å². The van der Waals surface area contributed by atoms with Crippen LogP contribution in [0.25, 0.3) is 10.9 Å². The zero-order valence-electron chi connectivity index (χ0n) is 10.6. The maximum Gasteiger partial charge on any atom is 0.128 e. The Bertz CT molecular complexity index is 773. The fourth-order valence-electron chi connectivity index (χ4n) is 2.22. The molecule has 1 heterocycles. The first-order valence-electron chi connectivity index (χ1n) is 6.20. The number of halogens is 2. The van der Waals surface area contributed by atoms with Crippen molar-refractivity contribution in [2.24, 2.45) is 5.73 Å². The summed E-state index contributed by atoms with van der Waals surface area (Å²) in [6, 6.07) is 13.3. The first-order chi connectivity index (χ1) is 9.65. The van der Waals surface area contributed by atoms with E-state index in [4.69, 9.17) is 17.3 Å². The number of aromatic nitrogens is 1. The average Bonchev–Trinajstić information content (AvgIpc) is 2.48. The second kappa shape index (κ2) is 5.19. The molecule has 0 fully saturated rings. The van der Waals surface area contributed by atoms with Crippen LogP contribution in [0.1, 0.15) is 17.2 Å². The largest absolute Gasteiger partial charge is 0.320 e. The first kappa shape index (κ1) is 13.0. The molecule has 2 N–H and O–H groups in total. The fraction of sp³-hybridized carbons (Fsp3) is 0.0625. The van der Waals surface area contributed by atoms with Gasteiger partial charge in [-0.2, -0.15) is 0 Å². The number of fused-ring (bicyclic) bond motifs is 1. The summed E-state index contributed by atoms with van der Waals surface area (Å²) in [6.07, 6.45) is 1.73. The van der Waals surface area contributed by atoms with Gasteiger partial charge in [0.15, 0.2) is 0 Å². The Kier molecular flexibility index (Phi) is 3.38. The molecule has 0 aliphatic heterocycles. The van der Waals surface area contributed by atoms with Gasteiger partial charge in [0, 0.05) is 22.2 Å². The lowest BCUT2D eigenvalue weighted by molar-refractivity contribution is 0.600. The zero-order valence-corrected chi connectivity index (χ0v) is 11.3. The van der Waals surface area contributed by atoms with Gasteiger partial charge in [0.2, 0.25) is 0 Å². The van der Waals surface area contributed by atoms with Crippen LogP contribution in [0.15, 0.2) is 54.7 Å². The third kappa shape index (κ3) is 2.38. The Labute approximate surface area is 121 Å². The van der Waals surface area contributed by atoms with Crippen molar-refractivity contribution in [3.8, 4) is 0 Å². The Balaban J connectivity index is 2.07. The molecule has 0 saturated heterocycles. The topological polar surface area (TPSA) is 38.9 Å². The van der Waals surface area contributed by atoms with Crippen LogP contribution in [-0.4, -0.2) is 4.98 Å². The summed E-state index contributed by atoms with van der Waals surface area (Å²) in [5.74, 6) is -0.354. The SMILES string of the molecule is NC(c1ccc2ncccc2c1)c1cc(Cl)ccc1F. The van der Waals surface area contributed by atoms with Crippen molar-refractivity contribution in [3.05, 3.63) is 76.7 Å². The van der Waals surface area contributed by atoms with E-state index < -0.39 is 6.04 Å². The van der Waals surface area contributed by atoms with Crippen molar-refractivity contribution in [2.45, 2.75) is 6.04 Å². The lowest BCUT2D eigenvalue weighted by atomic mass is 9.98. The highest BCUT2D eigenvalue weighted by molar-refractivity contribution is 6.30. The van der Waals surface area contributed by atoms with Crippen LogP contribution in [0.4, 0.5) is 4.39 Å². The van der Waals surface area contributed by atoms with E-state index in [-0.39, 0.29) is 5.82 Å². The molecular formula is C16H12ClFN2. The number of nitrogens with two attached hydrogens (primary N) is 1. The maximum atomic E-state index is 13.9. The van der Waals surface area contributed by atoms with Gasteiger partial charge < -0.3 is 5.73 Å². The molecule has 0 spiro atoms. The summed E-state index contributed by atoms with van der Waals surface area (Å²) in [6.45, 7) is 0. The van der Waals surface area contributed by atoms with Crippen molar-refractivity contribution >= 4 is 22.5 Å². The number of hydrogen-bond acceptors (Lipinski definition) is 2. The van der Waals surface area contributed by atoms with Crippen LogP contribution in [0.5, 0.6) is 0 Å². The lowest BCUT2D eigenvalue weighted by Gasteiger charge is -2.14. The molecule has 2 nitrogen and oxygen atoms in total. The van der Waals surface area contributed by atoms with E-state index in [1.165, 1.54) is 12.1 Å². The van der Waals surface area contributed by atoms with Crippen LogP contribution < -0.4 is 5.73 Å². The van der Waals surface area contributed by atoms with Crippen LogP contribution >= 0.6 is 11.6 Å². The number of pyridine rings is 1.